The van der Waals surface area contributed by atoms with E-state index in [1.807, 2.05) is 39.8 Å². The number of amides is 1. The molecule has 0 spiro atoms. The minimum atomic E-state index is -4.48. The molecule has 31 heavy (non-hydrogen) atoms. The van der Waals surface area contributed by atoms with Gasteiger partial charge in [0.05, 0.1) is 22.3 Å². The van der Waals surface area contributed by atoms with Gasteiger partial charge in [0.15, 0.2) is 0 Å². The maximum atomic E-state index is 12.9. The van der Waals surface area contributed by atoms with Crippen LogP contribution in [0.4, 0.5) is 18.9 Å². The van der Waals surface area contributed by atoms with Crippen molar-refractivity contribution in [2.75, 3.05) is 5.32 Å². The van der Waals surface area contributed by atoms with Crippen LogP contribution in [-0.2, 0) is 15.5 Å². The summed E-state index contributed by atoms with van der Waals surface area (Å²) < 4.78 is 50.9. The summed E-state index contributed by atoms with van der Waals surface area (Å²) in [5.74, 6) is -0.506. The molecule has 9 heteroatoms. The zero-order valence-corrected chi connectivity index (χ0v) is 17.6. The molecule has 1 amide bonds. The Hall–Kier alpha value is -2.78. The summed E-state index contributed by atoms with van der Waals surface area (Å²) in [4.78, 5) is 15.7. The van der Waals surface area contributed by atoms with E-state index in [9.17, 15) is 18.0 Å². The second kappa shape index (κ2) is 7.14. The Kier molecular flexibility index (Phi) is 4.94. The molecule has 0 atom stereocenters. The number of halogens is 3. The lowest BCUT2D eigenvalue weighted by atomic mass is 9.79. The normalized spacial score (nSPS) is 17.8. The zero-order valence-electron chi connectivity index (χ0n) is 17.6. The van der Waals surface area contributed by atoms with Crippen molar-refractivity contribution in [2.45, 2.75) is 45.1 Å². The van der Waals surface area contributed by atoms with Gasteiger partial charge in [0.1, 0.15) is 0 Å². The van der Waals surface area contributed by atoms with Gasteiger partial charge in [-0.05, 0) is 57.4 Å². The average molecular weight is 430 g/mol. The summed E-state index contributed by atoms with van der Waals surface area (Å²) in [6.07, 6.45) is -2.95. The van der Waals surface area contributed by atoms with Gasteiger partial charge < -0.3 is 19.6 Å². The first-order valence-corrected chi connectivity index (χ1v) is 9.83. The molecule has 1 aliphatic heterocycles. The molecule has 1 fully saturated rings. The minimum absolute atomic E-state index is 0.0722. The number of carbonyl (C=O) groups excluding carboxylic acids is 1. The second-order valence-electron chi connectivity index (χ2n) is 8.63. The van der Waals surface area contributed by atoms with E-state index in [4.69, 9.17) is 9.31 Å². The van der Waals surface area contributed by atoms with Crippen molar-refractivity contribution in [3.8, 4) is 0 Å². The number of benzene rings is 2. The highest BCUT2D eigenvalue weighted by Crippen LogP contribution is 2.36. The van der Waals surface area contributed by atoms with Crippen molar-refractivity contribution in [1.82, 2.24) is 4.98 Å². The van der Waals surface area contributed by atoms with Crippen molar-refractivity contribution in [2.24, 2.45) is 0 Å². The molecule has 162 valence electrons. The number of anilines is 1. The molecule has 2 heterocycles. The number of rotatable bonds is 3. The summed E-state index contributed by atoms with van der Waals surface area (Å²) >= 11 is 0. The van der Waals surface area contributed by atoms with Gasteiger partial charge in [-0.1, -0.05) is 18.2 Å². The van der Waals surface area contributed by atoms with Crippen LogP contribution in [0.1, 0.15) is 43.6 Å². The van der Waals surface area contributed by atoms with Crippen molar-refractivity contribution in [3.63, 3.8) is 0 Å². The smallest absolute Gasteiger partial charge is 0.399 e. The molecule has 1 saturated heterocycles. The van der Waals surface area contributed by atoms with Gasteiger partial charge in [-0.25, -0.2) is 0 Å². The molecule has 0 aliphatic carbocycles. The molecule has 1 aromatic heterocycles. The first-order valence-electron chi connectivity index (χ1n) is 9.83. The third-order valence-electron chi connectivity index (χ3n) is 5.92. The van der Waals surface area contributed by atoms with E-state index in [1.165, 1.54) is 18.3 Å². The summed E-state index contributed by atoms with van der Waals surface area (Å²) in [6.45, 7) is 7.87. The van der Waals surface area contributed by atoms with Gasteiger partial charge in [0.2, 0.25) is 0 Å². The van der Waals surface area contributed by atoms with E-state index in [2.05, 4.69) is 10.3 Å². The largest absolute Gasteiger partial charge is 0.494 e. The Morgan fingerprint density at radius 3 is 2.35 bits per heavy atom. The Morgan fingerprint density at radius 1 is 1.03 bits per heavy atom. The molecule has 1 aliphatic rings. The monoisotopic (exact) mass is 430 g/mol. The topological polar surface area (TPSA) is 63.3 Å². The molecule has 0 saturated carbocycles. The molecule has 4 rings (SSSR count). The zero-order chi connectivity index (χ0) is 22.6. The number of aromatic amines is 1. The summed E-state index contributed by atoms with van der Waals surface area (Å²) in [6, 6.07) is 9.97. The van der Waals surface area contributed by atoms with E-state index in [0.717, 1.165) is 17.6 Å². The van der Waals surface area contributed by atoms with Crippen LogP contribution in [0.2, 0.25) is 0 Å². The van der Waals surface area contributed by atoms with Crippen molar-refractivity contribution >= 4 is 35.1 Å². The number of alkyl halides is 3. The van der Waals surface area contributed by atoms with E-state index >= 15 is 0 Å². The SMILES string of the molecule is CC1(C)OB(c2ccc3c(C(=O)Nc4cccc(C(F)(F)F)c4)c[nH]c3c2)OC1(C)C. The number of fused-ring (bicyclic) bond motifs is 1. The predicted molar refractivity (Wildman–Crippen MR) is 113 cm³/mol. The third kappa shape index (κ3) is 3.95. The van der Waals surface area contributed by atoms with Crippen LogP contribution >= 0.6 is 0 Å². The van der Waals surface area contributed by atoms with Gasteiger partial charge in [0, 0.05) is 22.8 Å². The van der Waals surface area contributed by atoms with Gasteiger partial charge >= 0.3 is 13.3 Å². The standard InChI is InChI=1S/C22H22BF3N2O3/c1-20(2)21(3,4)31-23(30-20)14-8-9-16-17(12-27-18(16)11-14)19(29)28-15-7-5-6-13(10-15)22(24,25)26/h5-12,27H,1-4H3,(H,28,29). The van der Waals surface area contributed by atoms with Gasteiger partial charge in [-0.15, -0.1) is 0 Å². The van der Waals surface area contributed by atoms with E-state index in [-0.39, 0.29) is 5.69 Å². The fourth-order valence-electron chi connectivity index (χ4n) is 3.43. The van der Waals surface area contributed by atoms with Crippen molar-refractivity contribution in [1.29, 1.82) is 0 Å². The lowest BCUT2D eigenvalue weighted by molar-refractivity contribution is -0.137. The fraction of sp³-hybridized carbons (Fsp3) is 0.318. The lowest BCUT2D eigenvalue weighted by Crippen LogP contribution is -2.41. The number of H-pyrrole nitrogens is 1. The third-order valence-corrected chi connectivity index (χ3v) is 5.92. The number of aromatic nitrogens is 1. The molecule has 2 N–H and O–H groups in total. The van der Waals surface area contributed by atoms with Crippen LogP contribution in [0.3, 0.4) is 0 Å². The number of nitrogens with one attached hydrogen (secondary N) is 2. The second-order valence-corrected chi connectivity index (χ2v) is 8.63. The fourth-order valence-corrected chi connectivity index (χ4v) is 3.43. The van der Waals surface area contributed by atoms with Gasteiger partial charge in [-0.3, -0.25) is 4.79 Å². The molecule has 0 bridgehead atoms. The highest BCUT2D eigenvalue weighted by Gasteiger charge is 2.51. The highest BCUT2D eigenvalue weighted by molar-refractivity contribution is 6.62. The number of carbonyl (C=O) groups is 1. The molecule has 2 aromatic carbocycles. The van der Waals surface area contributed by atoms with Crippen LogP contribution in [-0.4, -0.2) is 29.2 Å². The summed E-state index contributed by atoms with van der Waals surface area (Å²) in [5, 5.41) is 3.18. The maximum absolute atomic E-state index is 12.9. The average Bonchev–Trinajstić information content (AvgIpc) is 3.18. The minimum Gasteiger partial charge on any atom is -0.399 e. The number of hydrogen-bond donors (Lipinski definition) is 2. The molecule has 5 nitrogen and oxygen atoms in total. The maximum Gasteiger partial charge on any atom is 0.494 e. The lowest BCUT2D eigenvalue weighted by Gasteiger charge is -2.32. The quantitative estimate of drug-likeness (QED) is 0.591. The molecule has 0 radical (unpaired) electrons. The summed E-state index contributed by atoms with van der Waals surface area (Å²) in [5.41, 5.74) is 0.128. The molecule has 0 unspecified atom stereocenters. The van der Waals surface area contributed by atoms with Crippen LogP contribution in [0.5, 0.6) is 0 Å². The van der Waals surface area contributed by atoms with Crippen molar-refractivity contribution < 1.29 is 27.3 Å². The van der Waals surface area contributed by atoms with Gasteiger partial charge in [-0.2, -0.15) is 13.2 Å². The van der Waals surface area contributed by atoms with Crippen LogP contribution in [0.25, 0.3) is 10.9 Å². The molecular formula is C22H22BF3N2O3. The first kappa shape index (κ1) is 21.5. The number of hydrogen-bond acceptors (Lipinski definition) is 3. The Bertz CT molecular complexity index is 1140. The van der Waals surface area contributed by atoms with Crippen LogP contribution in [0, 0.1) is 0 Å². The Morgan fingerprint density at radius 2 is 1.71 bits per heavy atom. The van der Waals surface area contributed by atoms with E-state index in [0.29, 0.717) is 16.5 Å². The Labute approximate surface area is 178 Å². The predicted octanol–water partition coefficient (Wildman–Crippen LogP) is 4.74. The van der Waals surface area contributed by atoms with Crippen LogP contribution < -0.4 is 10.8 Å². The first-order chi connectivity index (χ1) is 14.4. The van der Waals surface area contributed by atoms with Crippen LogP contribution in [0.15, 0.2) is 48.7 Å². The van der Waals surface area contributed by atoms with Crippen molar-refractivity contribution in [3.05, 3.63) is 59.8 Å². The van der Waals surface area contributed by atoms with E-state index < -0.39 is 36.0 Å². The molecular weight excluding hydrogens is 408 g/mol. The van der Waals surface area contributed by atoms with Gasteiger partial charge in [0.25, 0.3) is 5.91 Å². The van der Waals surface area contributed by atoms with E-state index in [1.54, 1.807) is 6.07 Å². The summed E-state index contributed by atoms with van der Waals surface area (Å²) in [7, 11) is -0.542. The highest BCUT2D eigenvalue weighted by atomic mass is 19.4. The molecule has 3 aromatic rings. The Balaban J connectivity index is 1.57.